The molecule has 1 saturated heterocycles. The van der Waals surface area contributed by atoms with Gasteiger partial charge >= 0.3 is 0 Å². The van der Waals surface area contributed by atoms with Crippen molar-refractivity contribution in [1.29, 1.82) is 0 Å². The quantitative estimate of drug-likeness (QED) is 0.808. The van der Waals surface area contributed by atoms with Gasteiger partial charge in [0.1, 0.15) is 5.82 Å². The van der Waals surface area contributed by atoms with Crippen molar-refractivity contribution in [1.82, 2.24) is 10.2 Å². The molecule has 116 valence electrons. The number of piperidine rings is 1. The summed E-state index contributed by atoms with van der Waals surface area (Å²) < 4.78 is 13.5. The molecule has 2 rings (SSSR count). The van der Waals surface area contributed by atoms with Crippen LogP contribution in [0.2, 0.25) is 0 Å². The van der Waals surface area contributed by atoms with Crippen molar-refractivity contribution >= 4 is 0 Å². The Morgan fingerprint density at radius 2 is 2.00 bits per heavy atom. The van der Waals surface area contributed by atoms with Gasteiger partial charge in [0.2, 0.25) is 0 Å². The van der Waals surface area contributed by atoms with Gasteiger partial charge in [0.25, 0.3) is 0 Å². The maximum Gasteiger partial charge on any atom is 0.126 e. The van der Waals surface area contributed by atoms with Gasteiger partial charge in [-0.3, -0.25) is 4.90 Å². The second kappa shape index (κ2) is 8.30. The van der Waals surface area contributed by atoms with E-state index in [-0.39, 0.29) is 5.82 Å². The highest BCUT2D eigenvalue weighted by atomic mass is 19.1. The summed E-state index contributed by atoms with van der Waals surface area (Å²) in [6, 6.07) is 7.64. The highest BCUT2D eigenvalue weighted by Crippen LogP contribution is 2.11. The van der Waals surface area contributed by atoms with E-state index in [0.717, 1.165) is 38.2 Å². The van der Waals surface area contributed by atoms with Crippen LogP contribution in [0, 0.1) is 5.82 Å². The average Bonchev–Trinajstić information content (AvgIpc) is 2.48. The number of hydrogen-bond donors (Lipinski definition) is 1. The Labute approximate surface area is 128 Å². The van der Waals surface area contributed by atoms with Crippen molar-refractivity contribution < 1.29 is 4.39 Å². The number of rotatable bonds is 6. The van der Waals surface area contributed by atoms with Crippen LogP contribution < -0.4 is 5.32 Å². The summed E-state index contributed by atoms with van der Waals surface area (Å²) in [6.45, 7) is 8.54. The van der Waals surface area contributed by atoms with Crippen LogP contribution in [0.1, 0.15) is 32.3 Å². The lowest BCUT2D eigenvalue weighted by Gasteiger charge is -2.31. The molecule has 0 aliphatic carbocycles. The summed E-state index contributed by atoms with van der Waals surface area (Å²) in [5, 5.41) is 3.57. The molecule has 21 heavy (non-hydrogen) atoms. The molecule has 0 unspecified atom stereocenters. The summed E-state index contributed by atoms with van der Waals surface area (Å²) in [4.78, 5) is 2.50. The molecule has 1 aliphatic rings. The average molecular weight is 290 g/mol. The van der Waals surface area contributed by atoms with E-state index >= 15 is 0 Å². The molecule has 1 fully saturated rings. The number of likely N-dealkylation sites (tertiary alicyclic amines) is 1. The predicted octanol–water partition coefficient (Wildman–Crippen LogP) is 3.39. The summed E-state index contributed by atoms with van der Waals surface area (Å²) >= 11 is 0. The van der Waals surface area contributed by atoms with Gasteiger partial charge in [-0.2, -0.15) is 0 Å². The molecule has 1 heterocycles. The van der Waals surface area contributed by atoms with Crippen LogP contribution in [-0.2, 0) is 6.42 Å². The van der Waals surface area contributed by atoms with Crippen molar-refractivity contribution in [2.75, 3.05) is 26.2 Å². The molecule has 0 bridgehead atoms. The number of nitrogens with one attached hydrogen (secondary N) is 1. The molecule has 0 aromatic heterocycles. The van der Waals surface area contributed by atoms with E-state index in [1.165, 1.54) is 24.5 Å². The van der Waals surface area contributed by atoms with E-state index in [1.54, 1.807) is 6.07 Å². The van der Waals surface area contributed by atoms with Crippen molar-refractivity contribution in [2.45, 2.75) is 39.2 Å². The zero-order valence-corrected chi connectivity index (χ0v) is 13.2. The lowest BCUT2D eigenvalue weighted by atomic mass is 10.0. The highest BCUT2D eigenvalue weighted by molar-refractivity contribution is 5.17. The van der Waals surface area contributed by atoms with Crippen LogP contribution in [0.15, 0.2) is 35.9 Å². The van der Waals surface area contributed by atoms with E-state index in [4.69, 9.17) is 0 Å². The monoisotopic (exact) mass is 290 g/mol. The first-order valence-corrected chi connectivity index (χ1v) is 7.97. The molecule has 1 aliphatic heterocycles. The zero-order valence-electron chi connectivity index (χ0n) is 13.2. The van der Waals surface area contributed by atoms with E-state index < -0.39 is 0 Å². The normalized spacial score (nSPS) is 16.9. The first-order chi connectivity index (χ1) is 10.1. The Morgan fingerprint density at radius 1 is 1.29 bits per heavy atom. The van der Waals surface area contributed by atoms with Crippen molar-refractivity contribution in [3.8, 4) is 0 Å². The lowest BCUT2D eigenvalue weighted by molar-refractivity contribution is 0.215. The number of allylic oxidation sites excluding steroid dienone is 1. The van der Waals surface area contributed by atoms with E-state index in [9.17, 15) is 4.39 Å². The largest absolute Gasteiger partial charge is 0.314 e. The van der Waals surface area contributed by atoms with Crippen LogP contribution >= 0.6 is 0 Å². The van der Waals surface area contributed by atoms with Crippen molar-refractivity contribution in [3.05, 3.63) is 47.3 Å². The molecular formula is C18H27FN2. The third-order valence-electron chi connectivity index (χ3n) is 4.13. The maximum atomic E-state index is 13.5. The van der Waals surface area contributed by atoms with Gasteiger partial charge in [-0.25, -0.2) is 4.39 Å². The van der Waals surface area contributed by atoms with Gasteiger partial charge in [0.15, 0.2) is 0 Å². The van der Waals surface area contributed by atoms with Crippen LogP contribution in [0.3, 0.4) is 0 Å². The smallest absolute Gasteiger partial charge is 0.126 e. The van der Waals surface area contributed by atoms with Crippen LogP contribution in [0.5, 0.6) is 0 Å². The molecule has 0 amide bonds. The molecule has 0 spiro atoms. The molecule has 3 heteroatoms. The molecule has 0 radical (unpaired) electrons. The number of hydrogen-bond acceptors (Lipinski definition) is 2. The molecule has 0 atom stereocenters. The number of halogens is 1. The minimum atomic E-state index is -0.0872. The Bertz CT molecular complexity index is 458. The van der Waals surface area contributed by atoms with Crippen LogP contribution in [0.4, 0.5) is 4.39 Å². The minimum Gasteiger partial charge on any atom is -0.314 e. The van der Waals surface area contributed by atoms with E-state index in [0.29, 0.717) is 6.04 Å². The molecule has 1 N–H and O–H groups in total. The topological polar surface area (TPSA) is 15.3 Å². The first-order valence-electron chi connectivity index (χ1n) is 7.97. The van der Waals surface area contributed by atoms with E-state index in [1.807, 2.05) is 12.1 Å². The summed E-state index contributed by atoms with van der Waals surface area (Å²) in [5.74, 6) is -0.0872. The molecule has 2 nitrogen and oxygen atoms in total. The Morgan fingerprint density at radius 3 is 2.67 bits per heavy atom. The molecule has 0 saturated carbocycles. The second-order valence-electron chi connectivity index (χ2n) is 6.15. The third-order valence-corrected chi connectivity index (χ3v) is 4.13. The fourth-order valence-corrected chi connectivity index (χ4v) is 2.74. The fourth-order valence-electron chi connectivity index (χ4n) is 2.74. The van der Waals surface area contributed by atoms with Crippen molar-refractivity contribution in [2.24, 2.45) is 0 Å². The Hall–Kier alpha value is -1.19. The molecule has 1 aromatic carbocycles. The van der Waals surface area contributed by atoms with Crippen LogP contribution in [0.25, 0.3) is 0 Å². The molecular weight excluding hydrogens is 263 g/mol. The lowest BCUT2D eigenvalue weighted by Crippen LogP contribution is -2.43. The number of benzene rings is 1. The first kappa shape index (κ1) is 16.2. The SMILES string of the molecule is CC(C)=CCN1CCC(NCCc2ccccc2F)CC1. The van der Waals surface area contributed by atoms with Crippen molar-refractivity contribution in [3.63, 3.8) is 0 Å². The predicted molar refractivity (Wildman–Crippen MR) is 87.0 cm³/mol. The second-order valence-corrected chi connectivity index (χ2v) is 6.15. The third kappa shape index (κ3) is 5.60. The standard InChI is InChI=1S/C18H27FN2/c1-15(2)8-12-21-13-9-17(10-14-21)20-11-7-16-5-3-4-6-18(16)19/h3-6,8,17,20H,7,9-14H2,1-2H3. The van der Waals surface area contributed by atoms with Gasteiger partial charge in [0.05, 0.1) is 0 Å². The van der Waals surface area contributed by atoms with E-state index in [2.05, 4.69) is 30.1 Å². The minimum absolute atomic E-state index is 0.0872. The summed E-state index contributed by atoms with van der Waals surface area (Å²) in [6.07, 6.45) is 5.44. The molecule has 1 aromatic rings. The Balaban J connectivity index is 1.65. The van der Waals surface area contributed by atoms with Gasteiger partial charge in [-0.1, -0.05) is 29.8 Å². The summed E-state index contributed by atoms with van der Waals surface area (Å²) in [7, 11) is 0. The summed E-state index contributed by atoms with van der Waals surface area (Å²) in [5.41, 5.74) is 2.20. The van der Waals surface area contributed by atoms with Gasteiger partial charge in [-0.05, 0) is 64.4 Å². The fraction of sp³-hybridized carbons (Fsp3) is 0.556. The highest BCUT2D eigenvalue weighted by Gasteiger charge is 2.17. The number of nitrogens with zero attached hydrogens (tertiary/aromatic N) is 1. The van der Waals surface area contributed by atoms with Gasteiger partial charge in [-0.15, -0.1) is 0 Å². The van der Waals surface area contributed by atoms with Crippen LogP contribution in [-0.4, -0.2) is 37.1 Å². The van der Waals surface area contributed by atoms with Gasteiger partial charge in [0, 0.05) is 12.6 Å². The van der Waals surface area contributed by atoms with Gasteiger partial charge < -0.3 is 5.32 Å². The zero-order chi connectivity index (χ0) is 15.1. The Kier molecular flexibility index (Phi) is 6.40. The maximum absolute atomic E-state index is 13.5.